The third-order valence-corrected chi connectivity index (χ3v) is 6.22. The van der Waals surface area contributed by atoms with Crippen LogP contribution >= 0.6 is 11.8 Å². The molecule has 1 amide bonds. The number of hydrogen-bond acceptors (Lipinski definition) is 4. The molecule has 0 fully saturated rings. The van der Waals surface area contributed by atoms with Crippen LogP contribution in [0.25, 0.3) is 10.9 Å². The maximum Gasteiger partial charge on any atom is 0.262 e. The van der Waals surface area contributed by atoms with Crippen molar-refractivity contribution in [3.63, 3.8) is 0 Å². The molecule has 1 aromatic heterocycles. The Kier molecular flexibility index (Phi) is 5.22. The highest BCUT2D eigenvalue weighted by Gasteiger charge is 2.28. The molecule has 2 aromatic carbocycles. The Morgan fingerprint density at radius 1 is 1.18 bits per heavy atom. The van der Waals surface area contributed by atoms with Gasteiger partial charge in [-0.05, 0) is 50.5 Å². The molecule has 0 saturated heterocycles. The summed E-state index contributed by atoms with van der Waals surface area (Å²) in [4.78, 5) is 32.4. The van der Waals surface area contributed by atoms with E-state index in [2.05, 4.69) is 18.0 Å². The Morgan fingerprint density at radius 3 is 2.75 bits per heavy atom. The molecule has 0 radical (unpaired) electrons. The summed E-state index contributed by atoms with van der Waals surface area (Å²) in [5.41, 5.74) is 2.84. The molecule has 1 unspecified atom stereocenters. The number of thioether (sulfide) groups is 1. The van der Waals surface area contributed by atoms with Gasteiger partial charge in [-0.2, -0.15) is 0 Å². The highest BCUT2D eigenvalue weighted by molar-refractivity contribution is 7.99. The first kappa shape index (κ1) is 18.7. The van der Waals surface area contributed by atoms with Crippen LogP contribution in [0, 0.1) is 0 Å². The number of carbonyl (C=O) groups is 1. The van der Waals surface area contributed by atoms with Crippen molar-refractivity contribution in [2.24, 2.45) is 0 Å². The van der Waals surface area contributed by atoms with Crippen molar-refractivity contribution in [1.29, 1.82) is 0 Å². The van der Waals surface area contributed by atoms with E-state index in [1.165, 1.54) is 17.3 Å². The van der Waals surface area contributed by atoms with Gasteiger partial charge in [0, 0.05) is 18.3 Å². The average Bonchev–Trinajstić information content (AvgIpc) is 2.72. The van der Waals surface area contributed by atoms with Gasteiger partial charge in [-0.1, -0.05) is 42.1 Å². The first-order chi connectivity index (χ1) is 13.6. The number of amides is 1. The van der Waals surface area contributed by atoms with Gasteiger partial charge in [0.2, 0.25) is 5.91 Å². The molecule has 3 aromatic rings. The van der Waals surface area contributed by atoms with Crippen molar-refractivity contribution in [3.05, 3.63) is 64.4 Å². The minimum absolute atomic E-state index is 0.0507. The predicted molar refractivity (Wildman–Crippen MR) is 114 cm³/mol. The molecular weight excluding hydrogens is 370 g/mol. The quantitative estimate of drug-likeness (QED) is 0.499. The molecule has 0 bridgehead atoms. The molecule has 6 heteroatoms. The summed E-state index contributed by atoms with van der Waals surface area (Å²) in [6.07, 6.45) is 1.96. The smallest absolute Gasteiger partial charge is 0.262 e. The third kappa shape index (κ3) is 3.33. The topological polar surface area (TPSA) is 55.2 Å². The summed E-state index contributed by atoms with van der Waals surface area (Å²) < 4.78 is 1.65. The molecule has 1 atom stereocenters. The molecule has 1 aliphatic rings. The average molecular weight is 394 g/mol. The molecular formula is C22H23N3O2S. The molecule has 144 valence electrons. The number of aromatic nitrogens is 2. The molecule has 0 saturated carbocycles. The summed E-state index contributed by atoms with van der Waals surface area (Å²) in [6, 6.07) is 15.6. The minimum Gasteiger partial charge on any atom is -0.309 e. The van der Waals surface area contributed by atoms with Gasteiger partial charge < -0.3 is 4.90 Å². The summed E-state index contributed by atoms with van der Waals surface area (Å²) in [6.45, 7) is 4.54. The van der Waals surface area contributed by atoms with E-state index in [9.17, 15) is 9.59 Å². The van der Waals surface area contributed by atoms with Crippen LogP contribution in [0.1, 0.15) is 25.8 Å². The van der Waals surface area contributed by atoms with Crippen LogP contribution in [-0.4, -0.2) is 27.3 Å². The van der Waals surface area contributed by atoms with Crippen molar-refractivity contribution in [1.82, 2.24) is 9.55 Å². The summed E-state index contributed by atoms with van der Waals surface area (Å²) in [5, 5.41) is 1.20. The Balaban J connectivity index is 1.61. The Hall–Kier alpha value is -2.60. The van der Waals surface area contributed by atoms with Gasteiger partial charge in [0.15, 0.2) is 5.16 Å². The normalized spacial score (nSPS) is 16.2. The lowest BCUT2D eigenvalue weighted by atomic mass is 9.97. The summed E-state index contributed by atoms with van der Waals surface area (Å²) in [5.74, 6) is 0.304. The highest BCUT2D eigenvalue weighted by atomic mass is 32.2. The van der Waals surface area contributed by atoms with E-state index in [1.807, 2.05) is 48.2 Å². The van der Waals surface area contributed by atoms with E-state index in [4.69, 9.17) is 0 Å². The van der Waals surface area contributed by atoms with Crippen LogP contribution in [0.4, 0.5) is 5.69 Å². The van der Waals surface area contributed by atoms with Gasteiger partial charge in [-0.3, -0.25) is 14.2 Å². The van der Waals surface area contributed by atoms with E-state index in [-0.39, 0.29) is 23.3 Å². The standard InChI is InChI=1S/C22H23N3O2S/c1-3-24-21(27)17-9-5-6-10-18(17)23-22(24)28-14-20(26)25-15(2)12-13-16-8-4-7-11-19(16)25/h4-11,15H,3,12-14H2,1-2H3. The SMILES string of the molecule is CCn1c(SCC(=O)N2c3ccccc3CCC2C)nc2ccccc2c1=O. The van der Waals surface area contributed by atoms with Crippen molar-refractivity contribution in [2.75, 3.05) is 10.7 Å². The molecule has 4 rings (SSSR count). The summed E-state index contributed by atoms with van der Waals surface area (Å²) >= 11 is 1.34. The van der Waals surface area contributed by atoms with E-state index in [0.717, 1.165) is 18.5 Å². The van der Waals surface area contributed by atoms with Gasteiger partial charge >= 0.3 is 0 Å². The molecule has 5 nitrogen and oxygen atoms in total. The van der Waals surface area contributed by atoms with Crippen LogP contribution in [0.15, 0.2) is 58.5 Å². The van der Waals surface area contributed by atoms with E-state index < -0.39 is 0 Å². The lowest BCUT2D eigenvalue weighted by Crippen LogP contribution is -2.43. The number of aryl methyl sites for hydroxylation is 1. The van der Waals surface area contributed by atoms with E-state index in [1.54, 1.807) is 10.6 Å². The lowest BCUT2D eigenvalue weighted by Gasteiger charge is -2.35. The number of anilines is 1. The number of nitrogens with zero attached hydrogens (tertiary/aromatic N) is 3. The molecule has 28 heavy (non-hydrogen) atoms. The molecule has 0 N–H and O–H groups in total. The predicted octanol–water partition coefficient (Wildman–Crippen LogP) is 3.88. The van der Waals surface area contributed by atoms with Crippen LogP contribution in [0.5, 0.6) is 0 Å². The maximum atomic E-state index is 13.1. The van der Waals surface area contributed by atoms with Crippen LogP contribution in [0.3, 0.4) is 0 Å². The van der Waals surface area contributed by atoms with E-state index in [0.29, 0.717) is 22.6 Å². The van der Waals surface area contributed by atoms with Gasteiger partial charge in [-0.25, -0.2) is 4.98 Å². The Bertz CT molecular complexity index is 1090. The highest BCUT2D eigenvalue weighted by Crippen LogP contribution is 2.31. The zero-order valence-corrected chi connectivity index (χ0v) is 16.9. The maximum absolute atomic E-state index is 13.1. The fraction of sp³-hybridized carbons (Fsp3) is 0.318. The van der Waals surface area contributed by atoms with Gasteiger partial charge in [-0.15, -0.1) is 0 Å². The summed E-state index contributed by atoms with van der Waals surface area (Å²) in [7, 11) is 0. The zero-order chi connectivity index (χ0) is 19.7. The third-order valence-electron chi connectivity index (χ3n) is 5.26. The van der Waals surface area contributed by atoms with Crippen molar-refractivity contribution < 1.29 is 4.79 Å². The van der Waals surface area contributed by atoms with Crippen LogP contribution < -0.4 is 10.5 Å². The van der Waals surface area contributed by atoms with Crippen LogP contribution in [0.2, 0.25) is 0 Å². The fourth-order valence-electron chi connectivity index (χ4n) is 3.80. The minimum atomic E-state index is -0.0558. The van der Waals surface area contributed by atoms with Crippen molar-refractivity contribution >= 4 is 34.3 Å². The number of fused-ring (bicyclic) bond motifs is 2. The first-order valence-electron chi connectivity index (χ1n) is 9.62. The van der Waals surface area contributed by atoms with Crippen LogP contribution in [-0.2, 0) is 17.8 Å². The second-order valence-electron chi connectivity index (χ2n) is 7.03. The monoisotopic (exact) mass is 393 g/mol. The number of carbonyl (C=O) groups excluding carboxylic acids is 1. The second kappa shape index (κ2) is 7.80. The molecule has 1 aliphatic heterocycles. The van der Waals surface area contributed by atoms with Gasteiger partial charge in [0.1, 0.15) is 0 Å². The number of para-hydroxylation sites is 2. The molecule has 0 spiro atoms. The first-order valence-corrected chi connectivity index (χ1v) is 10.6. The van der Waals surface area contributed by atoms with Crippen molar-refractivity contribution in [3.8, 4) is 0 Å². The molecule has 0 aliphatic carbocycles. The Labute approximate surface area is 168 Å². The fourth-order valence-corrected chi connectivity index (χ4v) is 4.72. The largest absolute Gasteiger partial charge is 0.309 e. The van der Waals surface area contributed by atoms with E-state index >= 15 is 0 Å². The number of hydrogen-bond donors (Lipinski definition) is 0. The number of benzene rings is 2. The van der Waals surface area contributed by atoms with Gasteiger partial charge in [0.25, 0.3) is 5.56 Å². The second-order valence-corrected chi connectivity index (χ2v) is 7.97. The number of rotatable bonds is 4. The Morgan fingerprint density at radius 2 is 1.93 bits per heavy atom. The lowest BCUT2D eigenvalue weighted by molar-refractivity contribution is -0.116. The molecule has 2 heterocycles. The zero-order valence-electron chi connectivity index (χ0n) is 16.1. The van der Waals surface area contributed by atoms with Gasteiger partial charge in [0.05, 0.1) is 16.7 Å². The van der Waals surface area contributed by atoms with Crippen molar-refractivity contribution in [2.45, 2.75) is 44.4 Å².